The van der Waals surface area contributed by atoms with Crippen LogP contribution in [0.25, 0.3) is 0 Å². The van der Waals surface area contributed by atoms with Gasteiger partial charge in [-0.3, -0.25) is 0 Å². The summed E-state index contributed by atoms with van der Waals surface area (Å²) in [6.45, 7) is 7.09. The van der Waals surface area contributed by atoms with Crippen molar-refractivity contribution in [2.75, 3.05) is 13.1 Å². The predicted octanol–water partition coefficient (Wildman–Crippen LogP) is 3.16. The molecule has 16 heavy (non-hydrogen) atoms. The first kappa shape index (κ1) is 14.0. The van der Waals surface area contributed by atoms with Gasteiger partial charge in [0.1, 0.15) is 0 Å². The SMILES string of the molecule is CCCCCCN(CC)C1CCC(N)CC1. The fourth-order valence-electron chi connectivity index (χ4n) is 2.81. The zero-order chi connectivity index (χ0) is 11.8. The molecule has 0 aromatic rings. The van der Waals surface area contributed by atoms with Gasteiger partial charge < -0.3 is 10.6 Å². The number of rotatable bonds is 7. The van der Waals surface area contributed by atoms with Crippen molar-refractivity contribution in [2.45, 2.75) is 77.3 Å². The molecule has 0 radical (unpaired) electrons. The molecule has 0 aliphatic heterocycles. The van der Waals surface area contributed by atoms with E-state index in [0.717, 1.165) is 6.04 Å². The van der Waals surface area contributed by atoms with E-state index in [2.05, 4.69) is 18.7 Å². The maximum atomic E-state index is 5.96. The van der Waals surface area contributed by atoms with Gasteiger partial charge in [0.25, 0.3) is 0 Å². The van der Waals surface area contributed by atoms with Gasteiger partial charge in [-0.2, -0.15) is 0 Å². The maximum absolute atomic E-state index is 5.96. The van der Waals surface area contributed by atoms with E-state index in [9.17, 15) is 0 Å². The summed E-state index contributed by atoms with van der Waals surface area (Å²) in [7, 11) is 0. The van der Waals surface area contributed by atoms with Crippen molar-refractivity contribution in [1.82, 2.24) is 4.90 Å². The summed E-state index contributed by atoms with van der Waals surface area (Å²) >= 11 is 0. The quantitative estimate of drug-likeness (QED) is 0.676. The average Bonchev–Trinajstić information content (AvgIpc) is 2.31. The van der Waals surface area contributed by atoms with Crippen molar-refractivity contribution in [2.24, 2.45) is 5.73 Å². The lowest BCUT2D eigenvalue weighted by Crippen LogP contribution is -2.41. The van der Waals surface area contributed by atoms with Crippen LogP contribution in [0.4, 0.5) is 0 Å². The fraction of sp³-hybridized carbons (Fsp3) is 1.00. The number of nitrogens with zero attached hydrogens (tertiary/aromatic N) is 1. The zero-order valence-electron chi connectivity index (χ0n) is 11.3. The second-order valence-corrected chi connectivity index (χ2v) is 5.26. The molecule has 0 amide bonds. The van der Waals surface area contributed by atoms with Gasteiger partial charge in [-0.05, 0) is 45.2 Å². The lowest BCUT2D eigenvalue weighted by Gasteiger charge is -2.35. The zero-order valence-corrected chi connectivity index (χ0v) is 11.3. The molecule has 1 rings (SSSR count). The number of unbranched alkanes of at least 4 members (excludes halogenated alkanes) is 3. The van der Waals surface area contributed by atoms with Crippen LogP contribution >= 0.6 is 0 Å². The summed E-state index contributed by atoms with van der Waals surface area (Å²) in [6.07, 6.45) is 10.6. The molecule has 2 heteroatoms. The first-order valence-electron chi connectivity index (χ1n) is 7.27. The summed E-state index contributed by atoms with van der Waals surface area (Å²) in [5.41, 5.74) is 5.96. The number of hydrogen-bond donors (Lipinski definition) is 1. The second-order valence-electron chi connectivity index (χ2n) is 5.26. The van der Waals surface area contributed by atoms with Crippen LogP contribution in [0.15, 0.2) is 0 Å². The molecule has 1 fully saturated rings. The van der Waals surface area contributed by atoms with Crippen LogP contribution < -0.4 is 5.73 Å². The van der Waals surface area contributed by atoms with Crippen molar-refractivity contribution in [3.05, 3.63) is 0 Å². The molecule has 0 atom stereocenters. The van der Waals surface area contributed by atoms with Gasteiger partial charge in [-0.25, -0.2) is 0 Å². The van der Waals surface area contributed by atoms with E-state index in [1.54, 1.807) is 0 Å². The summed E-state index contributed by atoms with van der Waals surface area (Å²) in [6, 6.07) is 1.31. The van der Waals surface area contributed by atoms with Gasteiger partial charge in [-0.1, -0.05) is 33.1 Å². The van der Waals surface area contributed by atoms with E-state index in [1.807, 2.05) is 0 Å². The Morgan fingerprint density at radius 2 is 1.69 bits per heavy atom. The molecular weight excluding hydrogens is 196 g/mol. The lowest BCUT2D eigenvalue weighted by atomic mass is 9.90. The van der Waals surface area contributed by atoms with E-state index >= 15 is 0 Å². The van der Waals surface area contributed by atoms with Crippen molar-refractivity contribution in [1.29, 1.82) is 0 Å². The molecule has 0 heterocycles. The summed E-state index contributed by atoms with van der Waals surface area (Å²) in [5.74, 6) is 0. The van der Waals surface area contributed by atoms with Crippen LogP contribution in [0.5, 0.6) is 0 Å². The average molecular weight is 226 g/mol. The molecule has 0 aromatic heterocycles. The van der Waals surface area contributed by atoms with Crippen molar-refractivity contribution in [3.63, 3.8) is 0 Å². The van der Waals surface area contributed by atoms with E-state index in [4.69, 9.17) is 5.73 Å². The van der Waals surface area contributed by atoms with E-state index < -0.39 is 0 Å². The summed E-state index contributed by atoms with van der Waals surface area (Å²) < 4.78 is 0. The van der Waals surface area contributed by atoms with Gasteiger partial charge in [0, 0.05) is 12.1 Å². The molecule has 1 aliphatic rings. The first-order valence-corrected chi connectivity index (χ1v) is 7.27. The third kappa shape index (κ3) is 4.84. The first-order chi connectivity index (χ1) is 7.77. The Kier molecular flexibility index (Phi) is 7.06. The minimum absolute atomic E-state index is 0.482. The Morgan fingerprint density at radius 1 is 1.00 bits per heavy atom. The number of hydrogen-bond acceptors (Lipinski definition) is 2. The predicted molar refractivity (Wildman–Crippen MR) is 71.6 cm³/mol. The normalized spacial score (nSPS) is 26.2. The van der Waals surface area contributed by atoms with Crippen LogP contribution in [0.3, 0.4) is 0 Å². The molecule has 0 spiro atoms. The van der Waals surface area contributed by atoms with Gasteiger partial charge in [0.05, 0.1) is 0 Å². The Morgan fingerprint density at radius 3 is 2.25 bits per heavy atom. The van der Waals surface area contributed by atoms with Crippen LogP contribution in [-0.4, -0.2) is 30.1 Å². The monoisotopic (exact) mass is 226 g/mol. The minimum Gasteiger partial charge on any atom is -0.328 e. The Labute approximate surface area is 102 Å². The maximum Gasteiger partial charge on any atom is 0.00962 e. The standard InChI is InChI=1S/C14H30N2/c1-3-5-6-7-12-16(4-2)14-10-8-13(15)9-11-14/h13-14H,3-12,15H2,1-2H3. The van der Waals surface area contributed by atoms with Crippen molar-refractivity contribution < 1.29 is 0 Å². The van der Waals surface area contributed by atoms with Gasteiger partial charge in [0.15, 0.2) is 0 Å². The van der Waals surface area contributed by atoms with Gasteiger partial charge in [0.2, 0.25) is 0 Å². The van der Waals surface area contributed by atoms with Gasteiger partial charge >= 0.3 is 0 Å². The molecule has 96 valence electrons. The van der Waals surface area contributed by atoms with Crippen molar-refractivity contribution in [3.8, 4) is 0 Å². The lowest BCUT2D eigenvalue weighted by molar-refractivity contribution is 0.154. The Balaban J connectivity index is 2.19. The Bertz CT molecular complexity index is 162. The molecule has 0 aromatic carbocycles. The molecule has 2 N–H and O–H groups in total. The molecule has 2 nitrogen and oxygen atoms in total. The van der Waals surface area contributed by atoms with E-state index in [1.165, 1.54) is 64.5 Å². The van der Waals surface area contributed by atoms with Crippen LogP contribution in [0.1, 0.15) is 65.2 Å². The highest BCUT2D eigenvalue weighted by molar-refractivity contribution is 4.80. The van der Waals surface area contributed by atoms with Crippen LogP contribution in [0, 0.1) is 0 Å². The molecule has 0 bridgehead atoms. The largest absolute Gasteiger partial charge is 0.328 e. The molecule has 0 unspecified atom stereocenters. The molecular formula is C14H30N2. The third-order valence-electron chi connectivity index (χ3n) is 3.96. The van der Waals surface area contributed by atoms with Gasteiger partial charge in [-0.15, -0.1) is 0 Å². The fourth-order valence-corrected chi connectivity index (χ4v) is 2.81. The summed E-state index contributed by atoms with van der Waals surface area (Å²) in [5, 5.41) is 0. The van der Waals surface area contributed by atoms with Crippen LogP contribution in [0.2, 0.25) is 0 Å². The topological polar surface area (TPSA) is 29.3 Å². The van der Waals surface area contributed by atoms with E-state index in [-0.39, 0.29) is 0 Å². The summed E-state index contributed by atoms with van der Waals surface area (Å²) in [4.78, 5) is 2.68. The highest BCUT2D eigenvalue weighted by atomic mass is 15.1. The third-order valence-corrected chi connectivity index (χ3v) is 3.96. The minimum atomic E-state index is 0.482. The highest BCUT2D eigenvalue weighted by Gasteiger charge is 2.22. The number of nitrogens with two attached hydrogens (primary N) is 1. The van der Waals surface area contributed by atoms with Crippen molar-refractivity contribution >= 4 is 0 Å². The van der Waals surface area contributed by atoms with E-state index in [0.29, 0.717) is 6.04 Å². The Hall–Kier alpha value is -0.0800. The highest BCUT2D eigenvalue weighted by Crippen LogP contribution is 2.22. The molecule has 1 saturated carbocycles. The van der Waals surface area contributed by atoms with Crippen LogP contribution in [-0.2, 0) is 0 Å². The second kappa shape index (κ2) is 8.08. The molecule has 1 aliphatic carbocycles. The smallest absolute Gasteiger partial charge is 0.00962 e. The molecule has 0 saturated heterocycles.